The number of aliphatic hydroxyl groups excluding tert-OH is 1. The first-order valence-electron chi connectivity index (χ1n) is 16.2. The number of nitrogens with one attached hydrogen (secondary N) is 2. The minimum atomic E-state index is -1.16. The van der Waals surface area contributed by atoms with E-state index < -0.39 is 6.23 Å². The molecule has 248 valence electrons. The van der Waals surface area contributed by atoms with Gasteiger partial charge in [0.05, 0.1) is 46.2 Å². The molecule has 0 rings (SSSR count). The van der Waals surface area contributed by atoms with Gasteiger partial charge in [-0.15, -0.1) is 0 Å². The highest BCUT2D eigenvalue weighted by Crippen LogP contribution is 2.13. The molecule has 0 aliphatic rings. The summed E-state index contributed by atoms with van der Waals surface area (Å²) in [5.74, 6) is -0.393. The molecule has 0 aliphatic heterocycles. The molecule has 0 saturated carbocycles. The van der Waals surface area contributed by atoms with Crippen LogP contribution in [0.3, 0.4) is 0 Å². The number of carbonyl (C=O) groups excluding carboxylic acids is 3. The lowest BCUT2D eigenvalue weighted by Crippen LogP contribution is -2.38. The zero-order valence-electron chi connectivity index (χ0n) is 26.3. The normalized spacial score (nSPS) is 11.9. The fraction of sp³-hybridized carbons (Fsp3) is 0.903. The Hall–Kier alpha value is -1.63. The summed E-state index contributed by atoms with van der Waals surface area (Å²) >= 11 is 0. The van der Waals surface area contributed by atoms with Gasteiger partial charge in [-0.05, 0) is 19.8 Å². The second-order valence-corrected chi connectivity index (χ2v) is 10.3. The van der Waals surface area contributed by atoms with Gasteiger partial charge >= 0.3 is 0 Å². The Balaban J connectivity index is 3.35. The van der Waals surface area contributed by atoms with Crippen LogP contribution in [0.5, 0.6) is 0 Å². The molecule has 11 heteroatoms. The molecule has 0 aromatic rings. The van der Waals surface area contributed by atoms with E-state index in [1.165, 1.54) is 57.8 Å². The molecule has 42 heavy (non-hydrogen) atoms. The lowest BCUT2D eigenvalue weighted by molar-refractivity contribution is -0.129. The second kappa shape index (κ2) is 33.9. The molecular formula is C31H60N2O9. The Morgan fingerprint density at radius 2 is 1.14 bits per heavy atom. The summed E-state index contributed by atoms with van der Waals surface area (Å²) in [6.07, 6.45) is 15.7. The first kappa shape index (κ1) is 40.4. The predicted molar refractivity (Wildman–Crippen MR) is 162 cm³/mol. The monoisotopic (exact) mass is 604 g/mol. The first-order chi connectivity index (χ1) is 20.6. The molecule has 0 heterocycles. The summed E-state index contributed by atoms with van der Waals surface area (Å²) < 4.78 is 25.8. The molecule has 3 N–H and O–H groups in total. The number of Topliss-reactive ketones (excluding diaryl/α,β-unsaturated/α-hetero) is 1. The summed E-state index contributed by atoms with van der Waals surface area (Å²) in [7, 11) is 0. The molecule has 0 aromatic carbocycles. The van der Waals surface area contributed by atoms with Crippen molar-refractivity contribution in [2.75, 3.05) is 72.6 Å². The van der Waals surface area contributed by atoms with Crippen LogP contribution in [0.25, 0.3) is 0 Å². The topological polar surface area (TPSA) is 142 Å². The Labute approximate surface area is 254 Å². The number of rotatable bonds is 35. The average Bonchev–Trinajstić information content (AvgIpc) is 2.99. The third-order valence-corrected chi connectivity index (χ3v) is 6.64. The van der Waals surface area contributed by atoms with Crippen LogP contribution in [0.1, 0.15) is 103 Å². The van der Waals surface area contributed by atoms with Crippen LogP contribution in [0.2, 0.25) is 0 Å². The van der Waals surface area contributed by atoms with E-state index in [9.17, 15) is 19.5 Å². The van der Waals surface area contributed by atoms with Crippen LogP contribution in [0.4, 0.5) is 0 Å². The van der Waals surface area contributed by atoms with Crippen molar-refractivity contribution < 1.29 is 43.2 Å². The van der Waals surface area contributed by atoms with Crippen LogP contribution in [-0.4, -0.2) is 102 Å². The predicted octanol–water partition coefficient (Wildman–Crippen LogP) is 3.69. The Morgan fingerprint density at radius 1 is 0.643 bits per heavy atom. The number of unbranched alkanes of at least 4 members (excludes halogenated alkanes) is 13. The van der Waals surface area contributed by atoms with E-state index in [-0.39, 0.29) is 24.9 Å². The van der Waals surface area contributed by atoms with Crippen LogP contribution < -0.4 is 10.6 Å². The molecule has 1 unspecified atom stereocenters. The summed E-state index contributed by atoms with van der Waals surface area (Å²) in [6.45, 7) is 6.79. The van der Waals surface area contributed by atoms with Crippen molar-refractivity contribution in [1.82, 2.24) is 10.6 Å². The maximum Gasteiger partial charge on any atom is 0.293 e. The zero-order chi connectivity index (χ0) is 30.8. The molecule has 1 atom stereocenters. The van der Waals surface area contributed by atoms with Crippen LogP contribution in [-0.2, 0) is 38.1 Å². The summed E-state index contributed by atoms with van der Waals surface area (Å²) in [5, 5.41) is 15.5. The first-order valence-corrected chi connectivity index (χ1v) is 16.2. The standard InChI is InChI=1S/C31H60N2O9/c1-2-38-23-24-39-21-18-32-30(36)27-41-26-25-40-22-19-33-31(37)29(35)17-15-13-11-9-7-5-3-4-6-8-10-12-14-16-20-42-28-34/h28,31,33,37H,2-27H2,1H3,(H,32,36). The number of ketones is 1. The fourth-order valence-corrected chi connectivity index (χ4v) is 4.24. The highest BCUT2D eigenvalue weighted by Gasteiger charge is 2.13. The summed E-state index contributed by atoms with van der Waals surface area (Å²) in [5.41, 5.74) is 0. The van der Waals surface area contributed by atoms with Gasteiger partial charge in [0.2, 0.25) is 5.91 Å². The number of aliphatic hydroxyl groups is 1. The van der Waals surface area contributed by atoms with Crippen molar-refractivity contribution in [3.8, 4) is 0 Å². The molecule has 1 amide bonds. The minimum absolute atomic E-state index is 0.0439. The molecule has 0 aromatic heterocycles. The van der Waals surface area contributed by atoms with Gasteiger partial charge in [-0.2, -0.15) is 0 Å². The maximum atomic E-state index is 12.1. The van der Waals surface area contributed by atoms with E-state index >= 15 is 0 Å². The molecule has 0 aliphatic carbocycles. The molecule has 0 saturated heterocycles. The maximum absolute atomic E-state index is 12.1. The Bertz CT molecular complexity index is 611. The van der Waals surface area contributed by atoms with Gasteiger partial charge in [0.15, 0.2) is 12.0 Å². The Morgan fingerprint density at radius 3 is 1.71 bits per heavy atom. The fourth-order valence-electron chi connectivity index (χ4n) is 4.24. The van der Waals surface area contributed by atoms with E-state index in [0.29, 0.717) is 72.2 Å². The Kier molecular flexibility index (Phi) is 32.6. The highest BCUT2D eigenvalue weighted by molar-refractivity contribution is 5.82. The molecule has 0 fully saturated rings. The molecule has 11 nitrogen and oxygen atoms in total. The molecular weight excluding hydrogens is 544 g/mol. The van der Waals surface area contributed by atoms with E-state index in [2.05, 4.69) is 15.4 Å². The highest BCUT2D eigenvalue weighted by atomic mass is 16.5. The van der Waals surface area contributed by atoms with Gasteiger partial charge in [-0.3, -0.25) is 19.7 Å². The van der Waals surface area contributed by atoms with Crippen LogP contribution in [0.15, 0.2) is 0 Å². The number of hydrogen-bond acceptors (Lipinski definition) is 10. The third-order valence-electron chi connectivity index (χ3n) is 6.64. The van der Waals surface area contributed by atoms with Crippen molar-refractivity contribution in [1.29, 1.82) is 0 Å². The van der Waals surface area contributed by atoms with Crippen molar-refractivity contribution in [2.45, 2.75) is 109 Å². The number of hydrogen-bond donors (Lipinski definition) is 3. The van der Waals surface area contributed by atoms with Gasteiger partial charge in [-0.1, -0.05) is 77.0 Å². The third kappa shape index (κ3) is 31.3. The van der Waals surface area contributed by atoms with Crippen LogP contribution >= 0.6 is 0 Å². The van der Waals surface area contributed by atoms with Crippen molar-refractivity contribution in [3.63, 3.8) is 0 Å². The van der Waals surface area contributed by atoms with Gasteiger partial charge < -0.3 is 34.1 Å². The van der Waals surface area contributed by atoms with Crippen molar-refractivity contribution in [3.05, 3.63) is 0 Å². The number of ether oxygens (including phenoxy) is 5. The summed E-state index contributed by atoms with van der Waals surface area (Å²) in [4.78, 5) is 33.8. The van der Waals surface area contributed by atoms with E-state index in [1.807, 2.05) is 6.92 Å². The molecule has 0 spiro atoms. The minimum Gasteiger partial charge on any atom is -0.468 e. The van der Waals surface area contributed by atoms with Crippen LogP contribution in [0, 0.1) is 0 Å². The van der Waals surface area contributed by atoms with E-state index in [0.717, 1.165) is 32.1 Å². The quantitative estimate of drug-likeness (QED) is 0.0557. The van der Waals surface area contributed by atoms with E-state index in [4.69, 9.17) is 18.9 Å². The van der Waals surface area contributed by atoms with Crippen molar-refractivity contribution >= 4 is 18.2 Å². The average molecular weight is 605 g/mol. The SMILES string of the molecule is CCOCCOCCNC(=O)COCCOCCNC(O)C(=O)CCCCCCCCCCCCCCCCOC=O. The number of carbonyl (C=O) groups is 3. The van der Waals surface area contributed by atoms with E-state index in [1.54, 1.807) is 0 Å². The summed E-state index contributed by atoms with van der Waals surface area (Å²) in [6, 6.07) is 0. The smallest absolute Gasteiger partial charge is 0.293 e. The van der Waals surface area contributed by atoms with Gasteiger partial charge in [0.1, 0.15) is 6.61 Å². The lowest BCUT2D eigenvalue weighted by Gasteiger charge is -2.12. The van der Waals surface area contributed by atoms with Crippen molar-refractivity contribution in [2.24, 2.45) is 0 Å². The van der Waals surface area contributed by atoms with Gasteiger partial charge in [0.25, 0.3) is 6.47 Å². The largest absolute Gasteiger partial charge is 0.468 e. The molecule has 0 radical (unpaired) electrons. The number of amides is 1. The van der Waals surface area contributed by atoms with Gasteiger partial charge in [0, 0.05) is 26.1 Å². The second-order valence-electron chi connectivity index (χ2n) is 10.3. The zero-order valence-corrected chi connectivity index (χ0v) is 26.3. The molecule has 0 bridgehead atoms. The van der Waals surface area contributed by atoms with Gasteiger partial charge in [-0.25, -0.2) is 0 Å². The lowest BCUT2D eigenvalue weighted by atomic mass is 10.0.